The highest BCUT2D eigenvalue weighted by molar-refractivity contribution is 4.72. The molecule has 1 aliphatic heterocycles. The largest absolute Gasteiger partial charge is 0.301 e. The number of hydrogen-bond acceptors (Lipinski definition) is 2. The van der Waals surface area contributed by atoms with Crippen LogP contribution in [0.1, 0.15) is 34.1 Å². The van der Waals surface area contributed by atoms with Crippen molar-refractivity contribution >= 4 is 0 Å². The Morgan fingerprint density at radius 1 is 0.800 bits per heavy atom. The maximum atomic E-state index is 2.62. The average molecular weight is 212 g/mol. The first-order chi connectivity index (χ1) is 7.08. The summed E-state index contributed by atoms with van der Waals surface area (Å²) in [7, 11) is 0. The minimum absolute atomic E-state index is 0.812. The van der Waals surface area contributed by atoms with Crippen LogP contribution in [0.25, 0.3) is 0 Å². The van der Waals surface area contributed by atoms with Crippen molar-refractivity contribution in [3.05, 3.63) is 0 Å². The summed E-state index contributed by atoms with van der Waals surface area (Å²) in [6.07, 6.45) is 1.35. The molecule has 1 heterocycles. The van der Waals surface area contributed by atoms with Crippen molar-refractivity contribution in [3.8, 4) is 0 Å². The van der Waals surface area contributed by atoms with E-state index in [1.165, 1.54) is 45.7 Å². The SMILES string of the molecule is CC(C)CCN1CCN(CC(C)C)CC1. The highest BCUT2D eigenvalue weighted by Gasteiger charge is 2.16. The first-order valence-electron chi connectivity index (χ1n) is 6.52. The van der Waals surface area contributed by atoms with Crippen molar-refractivity contribution in [1.29, 1.82) is 0 Å². The molecule has 0 N–H and O–H groups in total. The molecule has 0 aromatic heterocycles. The van der Waals surface area contributed by atoms with E-state index < -0.39 is 0 Å². The predicted molar refractivity (Wildman–Crippen MR) is 67.2 cm³/mol. The second-order valence-electron chi connectivity index (χ2n) is 5.72. The topological polar surface area (TPSA) is 6.48 Å². The smallest absolute Gasteiger partial charge is 0.0110 e. The summed E-state index contributed by atoms with van der Waals surface area (Å²) in [5.74, 6) is 1.66. The molecule has 1 fully saturated rings. The third-order valence-electron chi connectivity index (χ3n) is 3.11. The summed E-state index contributed by atoms with van der Waals surface area (Å²) in [5, 5.41) is 0. The van der Waals surface area contributed by atoms with Crippen molar-refractivity contribution in [2.75, 3.05) is 39.3 Å². The van der Waals surface area contributed by atoms with Crippen LogP contribution in [-0.2, 0) is 0 Å². The van der Waals surface area contributed by atoms with Crippen LogP contribution in [0.15, 0.2) is 0 Å². The Balaban J connectivity index is 2.12. The minimum atomic E-state index is 0.812. The van der Waals surface area contributed by atoms with Gasteiger partial charge in [0.05, 0.1) is 0 Å². The molecule has 0 saturated carbocycles. The zero-order valence-electron chi connectivity index (χ0n) is 11.0. The minimum Gasteiger partial charge on any atom is -0.301 e. The van der Waals surface area contributed by atoms with Gasteiger partial charge in [0.2, 0.25) is 0 Å². The molecule has 1 aliphatic rings. The number of rotatable bonds is 5. The Hall–Kier alpha value is -0.0800. The lowest BCUT2D eigenvalue weighted by Gasteiger charge is -2.35. The number of hydrogen-bond donors (Lipinski definition) is 0. The van der Waals surface area contributed by atoms with E-state index in [1.807, 2.05) is 0 Å². The van der Waals surface area contributed by atoms with Gasteiger partial charge < -0.3 is 9.80 Å². The second-order valence-corrected chi connectivity index (χ2v) is 5.72. The van der Waals surface area contributed by atoms with Gasteiger partial charge in [-0.15, -0.1) is 0 Å². The first kappa shape index (κ1) is 13.0. The molecular weight excluding hydrogens is 184 g/mol. The van der Waals surface area contributed by atoms with Crippen LogP contribution in [0.3, 0.4) is 0 Å². The fourth-order valence-electron chi connectivity index (χ4n) is 2.15. The Morgan fingerprint density at radius 3 is 1.80 bits per heavy atom. The highest BCUT2D eigenvalue weighted by Crippen LogP contribution is 2.07. The van der Waals surface area contributed by atoms with E-state index in [4.69, 9.17) is 0 Å². The van der Waals surface area contributed by atoms with Crippen LogP contribution in [-0.4, -0.2) is 49.1 Å². The molecule has 1 rings (SSSR count). The Labute approximate surface area is 95.6 Å². The molecule has 0 aromatic rings. The van der Waals surface area contributed by atoms with Gasteiger partial charge >= 0.3 is 0 Å². The van der Waals surface area contributed by atoms with Crippen LogP contribution in [0.5, 0.6) is 0 Å². The van der Waals surface area contributed by atoms with Gasteiger partial charge in [-0.3, -0.25) is 0 Å². The van der Waals surface area contributed by atoms with Crippen molar-refractivity contribution < 1.29 is 0 Å². The van der Waals surface area contributed by atoms with E-state index >= 15 is 0 Å². The molecule has 0 amide bonds. The van der Waals surface area contributed by atoms with Crippen LogP contribution in [0.4, 0.5) is 0 Å². The molecule has 2 nitrogen and oxygen atoms in total. The van der Waals surface area contributed by atoms with E-state index in [1.54, 1.807) is 0 Å². The molecule has 0 unspecified atom stereocenters. The zero-order valence-corrected chi connectivity index (χ0v) is 11.0. The summed E-state index contributed by atoms with van der Waals surface area (Å²) in [6.45, 7) is 16.9. The summed E-state index contributed by atoms with van der Waals surface area (Å²) in [4.78, 5) is 5.23. The van der Waals surface area contributed by atoms with Gasteiger partial charge in [0.1, 0.15) is 0 Å². The van der Waals surface area contributed by atoms with Crippen molar-refractivity contribution in [3.63, 3.8) is 0 Å². The standard InChI is InChI=1S/C13H28N2/c1-12(2)5-6-14-7-9-15(10-8-14)11-13(3)4/h12-13H,5-11H2,1-4H3. The van der Waals surface area contributed by atoms with Gasteiger partial charge in [0, 0.05) is 32.7 Å². The molecule has 0 aromatic carbocycles. The molecule has 0 aliphatic carbocycles. The monoisotopic (exact) mass is 212 g/mol. The number of piperazine rings is 1. The van der Waals surface area contributed by atoms with Gasteiger partial charge in [0.25, 0.3) is 0 Å². The van der Waals surface area contributed by atoms with Gasteiger partial charge in [0.15, 0.2) is 0 Å². The van der Waals surface area contributed by atoms with E-state index in [9.17, 15) is 0 Å². The fraction of sp³-hybridized carbons (Fsp3) is 1.00. The molecular formula is C13H28N2. The first-order valence-corrected chi connectivity index (χ1v) is 6.52. The third kappa shape index (κ3) is 5.53. The van der Waals surface area contributed by atoms with Crippen LogP contribution in [0.2, 0.25) is 0 Å². The highest BCUT2D eigenvalue weighted by atomic mass is 15.3. The molecule has 0 bridgehead atoms. The lowest BCUT2D eigenvalue weighted by Crippen LogP contribution is -2.47. The average Bonchev–Trinajstić information content (AvgIpc) is 2.16. The van der Waals surface area contributed by atoms with Crippen molar-refractivity contribution in [2.24, 2.45) is 11.8 Å². The quantitative estimate of drug-likeness (QED) is 0.690. The van der Waals surface area contributed by atoms with E-state index in [-0.39, 0.29) is 0 Å². The zero-order chi connectivity index (χ0) is 11.3. The molecule has 0 radical (unpaired) electrons. The fourth-order valence-corrected chi connectivity index (χ4v) is 2.15. The van der Waals surface area contributed by atoms with Crippen LogP contribution in [0, 0.1) is 11.8 Å². The van der Waals surface area contributed by atoms with E-state index in [2.05, 4.69) is 37.5 Å². The van der Waals surface area contributed by atoms with Crippen molar-refractivity contribution in [2.45, 2.75) is 34.1 Å². The summed E-state index contributed by atoms with van der Waals surface area (Å²) >= 11 is 0. The lowest BCUT2D eigenvalue weighted by molar-refractivity contribution is 0.118. The maximum Gasteiger partial charge on any atom is 0.0110 e. The number of nitrogens with zero attached hydrogens (tertiary/aromatic N) is 2. The van der Waals surface area contributed by atoms with Gasteiger partial charge in [-0.05, 0) is 24.8 Å². The third-order valence-corrected chi connectivity index (χ3v) is 3.11. The van der Waals surface area contributed by atoms with Crippen LogP contribution < -0.4 is 0 Å². The summed E-state index contributed by atoms with van der Waals surface area (Å²) in [6, 6.07) is 0. The normalized spacial score (nSPS) is 20.4. The van der Waals surface area contributed by atoms with Crippen LogP contribution >= 0.6 is 0 Å². The van der Waals surface area contributed by atoms with Gasteiger partial charge in [-0.2, -0.15) is 0 Å². The van der Waals surface area contributed by atoms with Crippen molar-refractivity contribution in [1.82, 2.24) is 9.80 Å². The molecule has 0 atom stereocenters. The van der Waals surface area contributed by atoms with E-state index in [0.717, 1.165) is 11.8 Å². The molecule has 2 heteroatoms. The van der Waals surface area contributed by atoms with E-state index in [0.29, 0.717) is 0 Å². The predicted octanol–water partition coefficient (Wildman–Crippen LogP) is 2.31. The lowest BCUT2D eigenvalue weighted by atomic mass is 10.1. The Bertz CT molecular complexity index is 158. The Morgan fingerprint density at radius 2 is 1.33 bits per heavy atom. The molecule has 1 saturated heterocycles. The van der Waals surface area contributed by atoms with Gasteiger partial charge in [-0.25, -0.2) is 0 Å². The second kappa shape index (κ2) is 6.49. The maximum absolute atomic E-state index is 2.62. The van der Waals surface area contributed by atoms with Gasteiger partial charge in [-0.1, -0.05) is 27.7 Å². The molecule has 90 valence electrons. The summed E-state index contributed by atoms with van der Waals surface area (Å²) in [5.41, 5.74) is 0. The molecule has 15 heavy (non-hydrogen) atoms. The molecule has 0 spiro atoms. The Kier molecular flexibility index (Phi) is 5.62. The summed E-state index contributed by atoms with van der Waals surface area (Å²) < 4.78 is 0.